The lowest BCUT2D eigenvalue weighted by Crippen LogP contribution is -1.99. The Balaban J connectivity index is 2.13. The third-order valence-corrected chi connectivity index (χ3v) is 3.58. The lowest BCUT2D eigenvalue weighted by molar-refractivity contribution is 0.182. The van der Waals surface area contributed by atoms with E-state index in [1.165, 1.54) is 0 Å². The topological polar surface area (TPSA) is 20.2 Å². The molecule has 0 aliphatic heterocycles. The van der Waals surface area contributed by atoms with Crippen LogP contribution in [-0.2, 0) is 6.42 Å². The normalized spacial score (nSPS) is 12.7. The van der Waals surface area contributed by atoms with Gasteiger partial charge in [-0.1, -0.05) is 35.9 Å². The third kappa shape index (κ3) is 2.59. The summed E-state index contributed by atoms with van der Waals surface area (Å²) in [5.41, 5.74) is 0.986. The minimum Gasteiger partial charge on any atom is -0.387 e. The maximum atomic E-state index is 9.94. The summed E-state index contributed by atoms with van der Waals surface area (Å²) in [6, 6.07) is 11.5. The number of aliphatic hydroxyl groups is 1. The number of aliphatic hydroxyl groups excluding tert-OH is 1. The Hall–Kier alpha value is -0.830. The summed E-state index contributed by atoms with van der Waals surface area (Å²) in [6.45, 7) is 0. The van der Waals surface area contributed by atoms with E-state index in [2.05, 4.69) is 0 Å². The molecule has 1 unspecified atom stereocenters. The Morgan fingerprint density at radius 3 is 2.67 bits per heavy atom. The van der Waals surface area contributed by atoms with Crippen LogP contribution in [-0.4, -0.2) is 5.11 Å². The molecular formula is C12H11ClOS. The largest absolute Gasteiger partial charge is 0.387 e. The molecule has 0 spiro atoms. The summed E-state index contributed by atoms with van der Waals surface area (Å²) < 4.78 is 0. The van der Waals surface area contributed by atoms with Crippen LogP contribution in [0.3, 0.4) is 0 Å². The van der Waals surface area contributed by atoms with Gasteiger partial charge in [0, 0.05) is 16.3 Å². The van der Waals surface area contributed by atoms with Gasteiger partial charge in [-0.3, -0.25) is 0 Å². The van der Waals surface area contributed by atoms with E-state index in [0.29, 0.717) is 11.4 Å². The molecule has 1 N–H and O–H groups in total. The highest BCUT2D eigenvalue weighted by molar-refractivity contribution is 7.10. The lowest BCUT2D eigenvalue weighted by atomic mass is 10.1. The number of rotatable bonds is 3. The molecule has 0 bridgehead atoms. The fraction of sp³-hybridized carbons (Fsp3) is 0.167. The van der Waals surface area contributed by atoms with Gasteiger partial charge in [-0.2, -0.15) is 0 Å². The first-order chi connectivity index (χ1) is 7.27. The molecule has 0 aliphatic rings. The molecule has 0 fully saturated rings. The van der Waals surface area contributed by atoms with E-state index in [9.17, 15) is 5.11 Å². The predicted molar refractivity (Wildman–Crippen MR) is 64.4 cm³/mol. The van der Waals surface area contributed by atoms with Crippen molar-refractivity contribution in [1.82, 2.24) is 0 Å². The van der Waals surface area contributed by atoms with Gasteiger partial charge in [0.25, 0.3) is 0 Å². The van der Waals surface area contributed by atoms with Crippen molar-refractivity contribution in [2.24, 2.45) is 0 Å². The minimum atomic E-state index is -0.454. The summed E-state index contributed by atoms with van der Waals surface area (Å²) in [6.07, 6.45) is 0.116. The molecule has 0 saturated heterocycles. The zero-order valence-corrected chi connectivity index (χ0v) is 9.63. The van der Waals surface area contributed by atoms with Gasteiger partial charge in [0.2, 0.25) is 0 Å². The lowest BCUT2D eigenvalue weighted by Gasteiger charge is -2.09. The van der Waals surface area contributed by atoms with E-state index >= 15 is 0 Å². The zero-order chi connectivity index (χ0) is 10.7. The van der Waals surface area contributed by atoms with Crippen LogP contribution in [0.5, 0.6) is 0 Å². The van der Waals surface area contributed by atoms with Crippen molar-refractivity contribution < 1.29 is 5.11 Å². The molecule has 0 aliphatic carbocycles. The van der Waals surface area contributed by atoms with E-state index in [4.69, 9.17) is 11.6 Å². The summed E-state index contributed by atoms with van der Waals surface area (Å²) >= 11 is 7.59. The molecule has 1 atom stereocenters. The Bertz CT molecular complexity index is 425. The second-order valence-corrected chi connectivity index (χ2v) is 4.71. The van der Waals surface area contributed by atoms with Crippen molar-refractivity contribution in [3.8, 4) is 0 Å². The third-order valence-electron chi connectivity index (χ3n) is 2.24. The van der Waals surface area contributed by atoms with Crippen LogP contribution in [0.1, 0.15) is 16.5 Å². The highest BCUT2D eigenvalue weighted by atomic mass is 35.5. The number of halogens is 1. The van der Waals surface area contributed by atoms with Crippen molar-refractivity contribution in [1.29, 1.82) is 0 Å². The van der Waals surface area contributed by atoms with Crippen LogP contribution >= 0.6 is 22.9 Å². The predicted octanol–water partition coefficient (Wildman–Crippen LogP) is 3.68. The van der Waals surface area contributed by atoms with E-state index in [1.54, 1.807) is 11.3 Å². The molecule has 1 heterocycles. The van der Waals surface area contributed by atoms with E-state index in [1.807, 2.05) is 41.8 Å². The molecular weight excluding hydrogens is 228 g/mol. The van der Waals surface area contributed by atoms with Crippen LogP contribution in [0.15, 0.2) is 41.8 Å². The van der Waals surface area contributed by atoms with E-state index in [0.717, 1.165) is 10.4 Å². The van der Waals surface area contributed by atoms with Crippen LogP contribution < -0.4 is 0 Å². The molecule has 2 rings (SSSR count). The van der Waals surface area contributed by atoms with Crippen molar-refractivity contribution in [3.63, 3.8) is 0 Å². The van der Waals surface area contributed by atoms with Crippen molar-refractivity contribution in [2.75, 3.05) is 0 Å². The quantitative estimate of drug-likeness (QED) is 0.865. The van der Waals surface area contributed by atoms with Crippen molar-refractivity contribution in [3.05, 3.63) is 57.2 Å². The van der Waals surface area contributed by atoms with Gasteiger partial charge in [0.15, 0.2) is 0 Å². The Morgan fingerprint density at radius 2 is 2.00 bits per heavy atom. The smallest absolute Gasteiger partial charge is 0.0922 e. The maximum absolute atomic E-state index is 9.94. The summed E-state index contributed by atoms with van der Waals surface area (Å²) in [7, 11) is 0. The molecule has 15 heavy (non-hydrogen) atoms. The first kappa shape index (κ1) is 10.7. The summed E-state index contributed by atoms with van der Waals surface area (Å²) in [4.78, 5) is 0.981. The first-order valence-corrected chi connectivity index (χ1v) is 5.98. The van der Waals surface area contributed by atoms with Crippen LogP contribution in [0, 0.1) is 0 Å². The van der Waals surface area contributed by atoms with E-state index < -0.39 is 6.10 Å². The van der Waals surface area contributed by atoms with Gasteiger partial charge in [0.05, 0.1) is 6.10 Å². The zero-order valence-electron chi connectivity index (χ0n) is 8.06. The SMILES string of the molecule is OC(Cc1ccccc1Cl)c1cccs1. The van der Waals surface area contributed by atoms with Gasteiger partial charge < -0.3 is 5.11 Å². The van der Waals surface area contributed by atoms with Crippen LogP contribution in [0.4, 0.5) is 0 Å². The Morgan fingerprint density at radius 1 is 1.20 bits per heavy atom. The minimum absolute atomic E-state index is 0.454. The fourth-order valence-corrected chi connectivity index (χ4v) is 2.38. The Labute approximate surface area is 98.0 Å². The van der Waals surface area contributed by atoms with Gasteiger partial charge in [-0.15, -0.1) is 11.3 Å². The molecule has 0 radical (unpaired) electrons. The summed E-state index contributed by atoms with van der Waals surface area (Å²) in [5, 5.41) is 12.6. The molecule has 3 heteroatoms. The monoisotopic (exact) mass is 238 g/mol. The van der Waals surface area contributed by atoms with E-state index in [-0.39, 0.29) is 0 Å². The molecule has 0 saturated carbocycles. The number of benzene rings is 1. The van der Waals surface area contributed by atoms with Crippen LogP contribution in [0.25, 0.3) is 0 Å². The number of hydrogen-bond acceptors (Lipinski definition) is 2. The molecule has 2 aromatic rings. The van der Waals surface area contributed by atoms with Gasteiger partial charge in [-0.05, 0) is 23.1 Å². The highest BCUT2D eigenvalue weighted by Crippen LogP contribution is 2.25. The second kappa shape index (κ2) is 4.79. The molecule has 1 aromatic heterocycles. The van der Waals surface area contributed by atoms with Gasteiger partial charge >= 0.3 is 0 Å². The molecule has 1 nitrogen and oxygen atoms in total. The standard InChI is InChI=1S/C12H11ClOS/c13-10-5-2-1-4-9(10)8-11(14)12-6-3-7-15-12/h1-7,11,14H,8H2. The highest BCUT2D eigenvalue weighted by Gasteiger charge is 2.10. The number of hydrogen-bond donors (Lipinski definition) is 1. The maximum Gasteiger partial charge on any atom is 0.0922 e. The first-order valence-electron chi connectivity index (χ1n) is 4.72. The average Bonchev–Trinajstić information content (AvgIpc) is 2.74. The average molecular weight is 239 g/mol. The Kier molecular flexibility index (Phi) is 3.41. The molecule has 0 amide bonds. The van der Waals surface area contributed by atoms with Gasteiger partial charge in [0.1, 0.15) is 0 Å². The molecule has 1 aromatic carbocycles. The fourth-order valence-electron chi connectivity index (χ4n) is 1.45. The van der Waals surface area contributed by atoms with Crippen molar-refractivity contribution in [2.45, 2.75) is 12.5 Å². The van der Waals surface area contributed by atoms with Crippen molar-refractivity contribution >= 4 is 22.9 Å². The molecule has 78 valence electrons. The van der Waals surface area contributed by atoms with Gasteiger partial charge in [-0.25, -0.2) is 0 Å². The number of thiophene rings is 1. The van der Waals surface area contributed by atoms with Crippen LogP contribution in [0.2, 0.25) is 5.02 Å². The summed E-state index contributed by atoms with van der Waals surface area (Å²) in [5.74, 6) is 0. The second-order valence-electron chi connectivity index (χ2n) is 3.33.